The van der Waals surface area contributed by atoms with Crippen molar-refractivity contribution in [3.8, 4) is 0 Å². The largest absolute Gasteiger partial charge is 0.297 e. The van der Waals surface area contributed by atoms with Crippen LogP contribution >= 0.6 is 29.9 Å². The minimum absolute atomic E-state index is 0.0308. The number of hydrogen-bond donors (Lipinski definition) is 1. The lowest BCUT2D eigenvalue weighted by molar-refractivity contribution is 0.555. The van der Waals surface area contributed by atoms with E-state index >= 15 is 0 Å². The maximum atomic E-state index is 14.1. The second-order valence-electron chi connectivity index (χ2n) is 5.92. The zero-order valence-corrected chi connectivity index (χ0v) is 17.2. The molecule has 25 heavy (non-hydrogen) atoms. The molecule has 0 saturated heterocycles. The number of rotatable bonds is 6. The quantitative estimate of drug-likeness (QED) is 0.401. The summed E-state index contributed by atoms with van der Waals surface area (Å²) in [6.45, 7) is 2.12. The smallest absolute Gasteiger partial charge is 0.205 e. The molecule has 1 N–H and O–H groups in total. The lowest BCUT2D eigenvalue weighted by atomic mass is 10.1. The van der Waals surface area contributed by atoms with E-state index < -0.39 is 7.29 Å². The zero-order chi connectivity index (χ0) is 17.7. The van der Waals surface area contributed by atoms with Gasteiger partial charge in [-0.2, -0.15) is 0 Å². The Balaban J connectivity index is 2.03. The van der Waals surface area contributed by atoms with Crippen molar-refractivity contribution in [1.82, 2.24) is 5.09 Å². The number of benzene rings is 3. The van der Waals surface area contributed by atoms with Gasteiger partial charge in [-0.25, -0.2) is 0 Å². The highest BCUT2D eigenvalue weighted by Crippen LogP contribution is 2.42. The molecule has 0 heterocycles. The van der Waals surface area contributed by atoms with Gasteiger partial charge in [0.1, 0.15) is 0 Å². The molecule has 0 spiro atoms. The molecule has 2 nitrogen and oxygen atoms in total. The van der Waals surface area contributed by atoms with Crippen LogP contribution in [0.2, 0.25) is 0 Å². The van der Waals surface area contributed by atoms with Crippen molar-refractivity contribution >= 4 is 40.5 Å². The molecule has 0 aliphatic carbocycles. The summed E-state index contributed by atoms with van der Waals surface area (Å²) < 4.78 is 15.3. The molecule has 0 bridgehead atoms. The molecule has 4 heteroatoms. The Kier molecular flexibility index (Phi) is 6.10. The van der Waals surface area contributed by atoms with E-state index in [1.165, 1.54) is 3.57 Å². The highest BCUT2D eigenvalue weighted by Gasteiger charge is 2.29. The van der Waals surface area contributed by atoms with Crippen LogP contribution in [-0.2, 0) is 4.57 Å². The molecule has 0 aliphatic rings. The molecule has 128 valence electrons. The van der Waals surface area contributed by atoms with Gasteiger partial charge in [0, 0.05) is 20.2 Å². The van der Waals surface area contributed by atoms with Gasteiger partial charge in [-0.3, -0.25) is 9.65 Å². The maximum absolute atomic E-state index is 14.1. The van der Waals surface area contributed by atoms with Crippen LogP contribution < -0.4 is 15.7 Å². The molecule has 0 unspecified atom stereocenters. The third-order valence-corrected chi connectivity index (χ3v) is 7.70. The molecular weight excluding hydrogens is 440 g/mol. The van der Waals surface area contributed by atoms with E-state index in [0.717, 1.165) is 22.6 Å². The van der Waals surface area contributed by atoms with Crippen molar-refractivity contribution in [3.63, 3.8) is 0 Å². The Labute approximate surface area is 163 Å². The van der Waals surface area contributed by atoms with Crippen molar-refractivity contribution < 1.29 is 4.57 Å². The number of nitrogens with one attached hydrogen (secondary N) is 1. The molecule has 0 aliphatic heterocycles. The predicted molar refractivity (Wildman–Crippen MR) is 115 cm³/mol. The molecular formula is C21H21INOP. The van der Waals surface area contributed by atoms with Gasteiger partial charge in [-0.05, 0) is 71.0 Å². The average molecular weight is 461 g/mol. The third-order valence-electron chi connectivity index (χ3n) is 4.26. The van der Waals surface area contributed by atoms with Crippen molar-refractivity contribution in [2.24, 2.45) is 0 Å². The molecule has 3 rings (SSSR count). The van der Waals surface area contributed by atoms with E-state index in [1.54, 1.807) is 0 Å². The minimum Gasteiger partial charge on any atom is -0.297 e. The third kappa shape index (κ3) is 4.22. The highest BCUT2D eigenvalue weighted by molar-refractivity contribution is 14.1. The first-order valence-corrected chi connectivity index (χ1v) is 11.2. The molecule has 0 fully saturated rings. The second kappa shape index (κ2) is 8.31. The topological polar surface area (TPSA) is 29.1 Å². The Morgan fingerprint density at radius 1 is 0.840 bits per heavy atom. The summed E-state index contributed by atoms with van der Waals surface area (Å²) in [4.78, 5) is 0. The van der Waals surface area contributed by atoms with E-state index in [0.29, 0.717) is 0 Å². The SMILES string of the molecule is CC[C@@H](NP(=O)(c1ccccc1)c1ccccc1)c1ccc(I)cc1. The summed E-state index contributed by atoms with van der Waals surface area (Å²) >= 11 is 2.30. The molecule has 0 radical (unpaired) electrons. The predicted octanol–water partition coefficient (Wildman–Crippen LogP) is 5.26. The van der Waals surface area contributed by atoms with Gasteiger partial charge in [0.05, 0.1) is 0 Å². The van der Waals surface area contributed by atoms with Crippen LogP contribution in [0, 0.1) is 3.57 Å². The van der Waals surface area contributed by atoms with E-state index in [1.807, 2.05) is 60.7 Å². The van der Waals surface area contributed by atoms with Gasteiger partial charge < -0.3 is 0 Å². The van der Waals surface area contributed by atoms with Crippen molar-refractivity contribution in [2.75, 3.05) is 0 Å². The molecule has 0 aromatic heterocycles. The van der Waals surface area contributed by atoms with Crippen LogP contribution in [0.1, 0.15) is 24.9 Å². The summed E-state index contributed by atoms with van der Waals surface area (Å²) in [7, 11) is -2.93. The molecule has 0 saturated carbocycles. The maximum Gasteiger partial charge on any atom is 0.205 e. The van der Waals surface area contributed by atoms with Crippen molar-refractivity contribution in [1.29, 1.82) is 0 Å². The van der Waals surface area contributed by atoms with Crippen LogP contribution in [0.15, 0.2) is 84.9 Å². The Hall–Kier alpha value is -1.42. The fourth-order valence-electron chi connectivity index (χ4n) is 2.89. The summed E-state index contributed by atoms with van der Waals surface area (Å²) in [6, 6.07) is 27.9. The van der Waals surface area contributed by atoms with Crippen LogP contribution in [0.5, 0.6) is 0 Å². The van der Waals surface area contributed by atoms with E-state index in [2.05, 4.69) is 58.9 Å². The second-order valence-corrected chi connectivity index (χ2v) is 9.68. The summed E-state index contributed by atoms with van der Waals surface area (Å²) in [5.74, 6) is 0. The van der Waals surface area contributed by atoms with Crippen molar-refractivity contribution in [3.05, 3.63) is 94.1 Å². The molecule has 0 amide bonds. The van der Waals surface area contributed by atoms with Gasteiger partial charge in [0.2, 0.25) is 7.29 Å². The molecule has 3 aromatic carbocycles. The highest BCUT2D eigenvalue weighted by atomic mass is 127. The number of hydrogen-bond acceptors (Lipinski definition) is 1. The zero-order valence-electron chi connectivity index (χ0n) is 14.1. The van der Waals surface area contributed by atoms with Crippen LogP contribution in [0.25, 0.3) is 0 Å². The fourth-order valence-corrected chi connectivity index (χ4v) is 5.80. The standard InChI is InChI=1S/C21H21INOP/c1-2-21(17-13-15-18(22)16-14-17)23-25(24,19-9-5-3-6-10-19)20-11-7-4-8-12-20/h3-16,21H,2H2,1H3,(H,23,24)/t21-/m1/s1. The molecule has 3 aromatic rings. The Morgan fingerprint density at radius 3 is 1.76 bits per heavy atom. The van der Waals surface area contributed by atoms with Gasteiger partial charge in [-0.1, -0.05) is 55.5 Å². The van der Waals surface area contributed by atoms with E-state index in [4.69, 9.17) is 0 Å². The first-order chi connectivity index (χ1) is 12.1. The summed E-state index contributed by atoms with van der Waals surface area (Å²) in [5.41, 5.74) is 1.16. The summed E-state index contributed by atoms with van der Waals surface area (Å²) in [5, 5.41) is 5.18. The molecule has 1 atom stereocenters. The Bertz CT molecular complexity index is 807. The van der Waals surface area contributed by atoms with Gasteiger partial charge >= 0.3 is 0 Å². The fraction of sp³-hybridized carbons (Fsp3) is 0.143. The average Bonchev–Trinajstić information content (AvgIpc) is 2.68. The van der Waals surface area contributed by atoms with Gasteiger partial charge in [0.25, 0.3) is 0 Å². The van der Waals surface area contributed by atoms with Gasteiger partial charge in [-0.15, -0.1) is 0 Å². The van der Waals surface area contributed by atoms with Crippen LogP contribution in [0.4, 0.5) is 0 Å². The first-order valence-electron chi connectivity index (χ1n) is 8.38. The van der Waals surface area contributed by atoms with Crippen LogP contribution in [0.3, 0.4) is 0 Å². The lowest BCUT2D eigenvalue weighted by Gasteiger charge is -2.26. The van der Waals surface area contributed by atoms with E-state index in [-0.39, 0.29) is 6.04 Å². The minimum atomic E-state index is -2.93. The number of halogens is 1. The van der Waals surface area contributed by atoms with E-state index in [9.17, 15) is 4.57 Å². The summed E-state index contributed by atoms with van der Waals surface area (Å²) in [6.07, 6.45) is 0.865. The first kappa shape index (κ1) is 18.4. The lowest BCUT2D eigenvalue weighted by Crippen LogP contribution is -2.30. The van der Waals surface area contributed by atoms with Crippen LogP contribution in [-0.4, -0.2) is 0 Å². The Morgan fingerprint density at radius 2 is 1.32 bits per heavy atom. The normalized spacial score (nSPS) is 12.7. The van der Waals surface area contributed by atoms with Crippen molar-refractivity contribution in [2.45, 2.75) is 19.4 Å². The monoisotopic (exact) mass is 461 g/mol. The van der Waals surface area contributed by atoms with Gasteiger partial charge in [0.15, 0.2) is 0 Å².